The quantitative estimate of drug-likeness (QED) is 0.779. The zero-order chi connectivity index (χ0) is 13.9. The lowest BCUT2D eigenvalue weighted by Gasteiger charge is -2.18. The maximum absolute atomic E-state index is 13.2. The van der Waals surface area contributed by atoms with Crippen molar-refractivity contribution in [2.45, 2.75) is 24.3 Å². The molecule has 1 aromatic carbocycles. The Bertz CT molecular complexity index is 517. The molecule has 18 heavy (non-hydrogen) atoms. The van der Waals surface area contributed by atoms with Gasteiger partial charge >= 0.3 is 0 Å². The van der Waals surface area contributed by atoms with E-state index < -0.39 is 21.9 Å². The topological polar surface area (TPSA) is 83.6 Å². The highest BCUT2D eigenvalue weighted by atomic mass is 32.2. The van der Waals surface area contributed by atoms with Crippen molar-refractivity contribution in [1.82, 2.24) is 4.31 Å². The van der Waals surface area contributed by atoms with Crippen molar-refractivity contribution in [3.8, 4) is 0 Å². The molecule has 0 heterocycles. The molecule has 0 radical (unpaired) electrons. The summed E-state index contributed by atoms with van der Waals surface area (Å²) in [7, 11) is -2.37. The number of nitrogens with zero attached hydrogens (tertiary/aromatic N) is 1. The number of nitrogen functional groups attached to an aromatic ring is 1. The van der Waals surface area contributed by atoms with Crippen LogP contribution in [0.4, 0.5) is 10.1 Å². The lowest BCUT2D eigenvalue weighted by atomic mass is 10.3. The van der Waals surface area contributed by atoms with Crippen LogP contribution in [0.5, 0.6) is 0 Å². The monoisotopic (exact) mass is 276 g/mol. The fourth-order valence-corrected chi connectivity index (χ4v) is 2.54. The molecule has 7 heteroatoms. The van der Waals surface area contributed by atoms with Crippen molar-refractivity contribution in [1.29, 1.82) is 0 Å². The van der Waals surface area contributed by atoms with E-state index in [9.17, 15) is 12.8 Å². The van der Waals surface area contributed by atoms with Gasteiger partial charge in [-0.1, -0.05) is 0 Å². The Morgan fingerprint density at radius 1 is 1.50 bits per heavy atom. The lowest BCUT2D eigenvalue weighted by Crippen LogP contribution is -2.29. The van der Waals surface area contributed by atoms with Gasteiger partial charge in [-0.2, -0.15) is 0 Å². The van der Waals surface area contributed by atoms with Crippen LogP contribution in [0.2, 0.25) is 0 Å². The average molecular weight is 276 g/mol. The summed E-state index contributed by atoms with van der Waals surface area (Å²) >= 11 is 0. The van der Waals surface area contributed by atoms with E-state index in [-0.39, 0.29) is 17.1 Å². The molecule has 1 rings (SSSR count). The molecule has 0 aliphatic carbocycles. The van der Waals surface area contributed by atoms with Crippen LogP contribution in [-0.4, -0.2) is 37.5 Å². The van der Waals surface area contributed by atoms with Crippen molar-refractivity contribution >= 4 is 15.7 Å². The van der Waals surface area contributed by atoms with Gasteiger partial charge in [0, 0.05) is 13.6 Å². The normalized spacial score (nSPS) is 13.8. The molecule has 0 fully saturated rings. The molecule has 0 saturated heterocycles. The van der Waals surface area contributed by atoms with Gasteiger partial charge in [-0.15, -0.1) is 0 Å². The fraction of sp³-hybridized carbons (Fsp3) is 0.455. The lowest BCUT2D eigenvalue weighted by molar-refractivity contribution is 0.177. The highest BCUT2D eigenvalue weighted by Gasteiger charge is 2.21. The van der Waals surface area contributed by atoms with Gasteiger partial charge in [0.05, 0.1) is 16.7 Å². The first kappa shape index (κ1) is 14.9. The van der Waals surface area contributed by atoms with Crippen molar-refractivity contribution in [2.75, 3.05) is 19.3 Å². The zero-order valence-corrected chi connectivity index (χ0v) is 11.1. The maximum atomic E-state index is 13.2. The van der Waals surface area contributed by atoms with Gasteiger partial charge in [0.25, 0.3) is 0 Å². The van der Waals surface area contributed by atoms with E-state index in [2.05, 4.69) is 0 Å². The first-order chi connectivity index (χ1) is 8.25. The summed E-state index contributed by atoms with van der Waals surface area (Å²) in [4.78, 5) is -0.151. The number of aliphatic hydroxyl groups is 1. The second-order valence-electron chi connectivity index (χ2n) is 4.15. The number of halogens is 1. The van der Waals surface area contributed by atoms with Crippen LogP contribution in [-0.2, 0) is 10.0 Å². The van der Waals surface area contributed by atoms with Gasteiger partial charge < -0.3 is 10.8 Å². The van der Waals surface area contributed by atoms with Crippen molar-refractivity contribution < 1.29 is 17.9 Å². The predicted molar refractivity (Wildman–Crippen MR) is 66.9 cm³/mol. The number of anilines is 1. The van der Waals surface area contributed by atoms with E-state index in [1.54, 1.807) is 6.92 Å². The highest BCUT2D eigenvalue weighted by Crippen LogP contribution is 2.19. The molecule has 0 amide bonds. The summed E-state index contributed by atoms with van der Waals surface area (Å²) in [5.74, 6) is -0.764. The van der Waals surface area contributed by atoms with Crippen molar-refractivity contribution in [3.63, 3.8) is 0 Å². The molecule has 0 aliphatic heterocycles. The summed E-state index contributed by atoms with van der Waals surface area (Å²) in [5.41, 5.74) is 5.19. The standard InChI is InChI=1S/C11H17FN2O3S/c1-8(15)5-6-14(2)18(16,17)9-3-4-11(13)10(12)7-9/h3-4,7-8,15H,5-6,13H2,1-2H3. The summed E-state index contributed by atoms with van der Waals surface area (Å²) in [6.07, 6.45) is -0.279. The minimum absolute atomic E-state index is 0.0967. The van der Waals surface area contributed by atoms with Gasteiger partial charge in [0.2, 0.25) is 10.0 Å². The Labute approximate surface area is 106 Å². The maximum Gasteiger partial charge on any atom is 0.242 e. The Kier molecular flexibility index (Phi) is 4.66. The molecule has 1 aromatic rings. The summed E-state index contributed by atoms with van der Waals surface area (Å²) in [6.45, 7) is 1.73. The van der Waals surface area contributed by atoms with Crippen LogP contribution in [0.15, 0.2) is 23.1 Å². The largest absolute Gasteiger partial charge is 0.396 e. The van der Waals surface area contributed by atoms with E-state index >= 15 is 0 Å². The highest BCUT2D eigenvalue weighted by molar-refractivity contribution is 7.89. The van der Waals surface area contributed by atoms with Crippen molar-refractivity contribution in [3.05, 3.63) is 24.0 Å². The van der Waals surface area contributed by atoms with Crippen LogP contribution < -0.4 is 5.73 Å². The van der Waals surface area contributed by atoms with E-state index in [0.717, 1.165) is 10.4 Å². The molecular formula is C11H17FN2O3S. The number of nitrogens with two attached hydrogens (primary N) is 1. The number of benzene rings is 1. The summed E-state index contributed by atoms with van der Waals surface area (Å²) in [5, 5.41) is 9.12. The molecule has 0 bridgehead atoms. The molecule has 102 valence electrons. The number of sulfonamides is 1. The van der Waals surface area contributed by atoms with Gasteiger partial charge in [0.15, 0.2) is 0 Å². The van der Waals surface area contributed by atoms with Gasteiger partial charge in [-0.05, 0) is 31.5 Å². The third kappa shape index (κ3) is 3.41. The van der Waals surface area contributed by atoms with Gasteiger partial charge in [0.1, 0.15) is 5.82 Å². The predicted octanol–water partition coefficient (Wildman–Crippen LogP) is 0.799. The number of hydrogen-bond acceptors (Lipinski definition) is 4. The second kappa shape index (κ2) is 5.64. The van der Waals surface area contributed by atoms with E-state index in [0.29, 0.717) is 6.42 Å². The Hall–Kier alpha value is -1.18. The van der Waals surface area contributed by atoms with Crippen LogP contribution in [0.1, 0.15) is 13.3 Å². The minimum Gasteiger partial charge on any atom is -0.396 e. The van der Waals surface area contributed by atoms with Crippen LogP contribution in [0.25, 0.3) is 0 Å². The molecule has 1 unspecified atom stereocenters. The van der Waals surface area contributed by atoms with Gasteiger partial charge in [-0.25, -0.2) is 17.1 Å². The van der Waals surface area contributed by atoms with Crippen molar-refractivity contribution in [2.24, 2.45) is 0 Å². The van der Waals surface area contributed by atoms with E-state index in [1.807, 2.05) is 0 Å². The fourth-order valence-electron chi connectivity index (χ4n) is 1.34. The molecule has 0 aliphatic rings. The third-order valence-electron chi connectivity index (χ3n) is 2.54. The number of hydrogen-bond donors (Lipinski definition) is 2. The van der Waals surface area contributed by atoms with Gasteiger partial charge in [-0.3, -0.25) is 0 Å². The smallest absolute Gasteiger partial charge is 0.242 e. The molecule has 1 atom stereocenters. The molecule has 0 spiro atoms. The third-order valence-corrected chi connectivity index (χ3v) is 4.39. The van der Waals surface area contributed by atoms with Crippen LogP contribution in [0, 0.1) is 5.82 Å². The van der Waals surface area contributed by atoms with E-state index in [1.165, 1.54) is 19.2 Å². The average Bonchev–Trinajstić information content (AvgIpc) is 2.29. The molecular weight excluding hydrogens is 259 g/mol. The molecule has 5 nitrogen and oxygen atoms in total. The zero-order valence-electron chi connectivity index (χ0n) is 10.3. The Morgan fingerprint density at radius 2 is 2.11 bits per heavy atom. The Balaban J connectivity index is 2.95. The summed E-state index contributed by atoms with van der Waals surface area (Å²) in [6, 6.07) is 3.36. The first-order valence-corrected chi connectivity index (χ1v) is 6.88. The Morgan fingerprint density at radius 3 is 2.61 bits per heavy atom. The number of rotatable bonds is 5. The first-order valence-electron chi connectivity index (χ1n) is 5.44. The molecule has 3 N–H and O–H groups in total. The molecule has 0 saturated carbocycles. The second-order valence-corrected chi connectivity index (χ2v) is 6.19. The van der Waals surface area contributed by atoms with Crippen LogP contribution >= 0.6 is 0 Å². The van der Waals surface area contributed by atoms with Crippen LogP contribution in [0.3, 0.4) is 0 Å². The summed E-state index contributed by atoms with van der Waals surface area (Å²) < 4.78 is 38.4. The minimum atomic E-state index is -3.75. The number of aliphatic hydroxyl groups excluding tert-OH is 1. The molecule has 0 aromatic heterocycles. The SMILES string of the molecule is CC(O)CCN(C)S(=O)(=O)c1ccc(N)c(F)c1. The van der Waals surface area contributed by atoms with E-state index in [4.69, 9.17) is 10.8 Å².